The van der Waals surface area contributed by atoms with Crippen molar-refractivity contribution in [1.82, 2.24) is 14.5 Å². The van der Waals surface area contributed by atoms with Crippen molar-refractivity contribution in [2.45, 2.75) is 19.4 Å². The number of aromatic nitrogens is 3. The Morgan fingerprint density at radius 2 is 2.00 bits per heavy atom. The Labute approximate surface area is 144 Å². The molecule has 3 heterocycles. The third-order valence-electron chi connectivity index (χ3n) is 4.16. The molecule has 0 spiro atoms. The van der Waals surface area contributed by atoms with Gasteiger partial charge in [0, 0.05) is 18.5 Å². The zero-order valence-corrected chi connectivity index (χ0v) is 14.2. The lowest BCUT2D eigenvalue weighted by atomic mass is 10.2. The van der Waals surface area contributed by atoms with E-state index < -0.39 is 0 Å². The second-order valence-electron chi connectivity index (χ2n) is 5.79. The summed E-state index contributed by atoms with van der Waals surface area (Å²) in [5, 5.41) is 5.47. The fourth-order valence-corrected chi connectivity index (χ4v) is 3.65. The average molecular weight is 337 g/mol. The van der Waals surface area contributed by atoms with E-state index in [1.165, 1.54) is 5.56 Å². The average Bonchev–Trinajstić information content (AvgIpc) is 3.28. The minimum atomic E-state index is 0.700. The molecule has 0 saturated carbocycles. The number of imidazole rings is 1. The molecule has 4 nitrogen and oxygen atoms in total. The summed E-state index contributed by atoms with van der Waals surface area (Å²) in [5.41, 5.74) is 4.49. The Kier molecular flexibility index (Phi) is 4.53. The predicted octanol–water partition coefficient (Wildman–Crippen LogP) is 4.30. The molecule has 0 N–H and O–H groups in total. The number of benzene rings is 1. The number of hydrogen-bond acceptors (Lipinski definition) is 4. The predicted molar refractivity (Wildman–Crippen MR) is 98.5 cm³/mol. The lowest BCUT2D eigenvalue weighted by molar-refractivity contribution is 0.125. The molecular weight excluding hydrogens is 318 g/mol. The molecule has 4 aromatic rings. The summed E-state index contributed by atoms with van der Waals surface area (Å²) in [5.74, 6) is 0. The third-order valence-corrected chi connectivity index (χ3v) is 4.89. The van der Waals surface area contributed by atoms with Crippen LogP contribution in [-0.2, 0) is 17.7 Å². The molecule has 24 heavy (non-hydrogen) atoms. The van der Waals surface area contributed by atoms with Gasteiger partial charge in [0.05, 0.1) is 30.2 Å². The Morgan fingerprint density at radius 3 is 2.92 bits per heavy atom. The molecular formula is C19H19N3OS. The maximum atomic E-state index is 5.81. The molecule has 4 rings (SSSR count). The summed E-state index contributed by atoms with van der Waals surface area (Å²) in [6.07, 6.45) is 5.88. The fourth-order valence-electron chi connectivity index (χ4n) is 2.95. The summed E-state index contributed by atoms with van der Waals surface area (Å²) in [6.45, 7) is 2.31. The number of thiophene rings is 1. The number of aryl methyl sites for hydroxylation is 1. The highest BCUT2D eigenvalue weighted by Crippen LogP contribution is 2.22. The molecule has 0 fully saturated rings. The Bertz CT molecular complexity index is 930. The quantitative estimate of drug-likeness (QED) is 0.472. The first kappa shape index (κ1) is 15.3. The summed E-state index contributed by atoms with van der Waals surface area (Å²) >= 11 is 1.75. The molecule has 122 valence electrons. The first-order valence-electron chi connectivity index (χ1n) is 8.19. The van der Waals surface area contributed by atoms with E-state index in [0.717, 1.165) is 47.9 Å². The van der Waals surface area contributed by atoms with E-state index in [9.17, 15) is 0 Å². The SMILES string of the molecule is c1ccc2c(c1)ncc1ncn(CCOCCCc3ccsc3)c12. The maximum absolute atomic E-state index is 5.81. The number of fused-ring (bicyclic) bond motifs is 3. The molecule has 0 aliphatic rings. The minimum Gasteiger partial charge on any atom is -0.380 e. The van der Waals surface area contributed by atoms with Crippen molar-refractivity contribution in [3.63, 3.8) is 0 Å². The van der Waals surface area contributed by atoms with Gasteiger partial charge in [-0.1, -0.05) is 18.2 Å². The van der Waals surface area contributed by atoms with Crippen molar-refractivity contribution in [2.75, 3.05) is 13.2 Å². The van der Waals surface area contributed by atoms with Crippen LogP contribution in [0.4, 0.5) is 0 Å². The van der Waals surface area contributed by atoms with Crippen LogP contribution in [-0.4, -0.2) is 27.7 Å². The van der Waals surface area contributed by atoms with Gasteiger partial charge in [-0.05, 0) is 41.3 Å². The van der Waals surface area contributed by atoms with E-state index in [2.05, 4.69) is 37.4 Å². The van der Waals surface area contributed by atoms with Crippen molar-refractivity contribution in [3.05, 3.63) is 59.2 Å². The van der Waals surface area contributed by atoms with Crippen LogP contribution in [0.2, 0.25) is 0 Å². The van der Waals surface area contributed by atoms with Gasteiger partial charge in [-0.15, -0.1) is 0 Å². The van der Waals surface area contributed by atoms with Crippen molar-refractivity contribution < 1.29 is 4.74 Å². The summed E-state index contributed by atoms with van der Waals surface area (Å²) in [6, 6.07) is 10.4. The maximum Gasteiger partial charge on any atom is 0.107 e. The Balaban J connectivity index is 1.37. The number of nitrogens with zero attached hydrogens (tertiary/aromatic N) is 3. The van der Waals surface area contributed by atoms with E-state index in [-0.39, 0.29) is 0 Å². The molecule has 0 unspecified atom stereocenters. The highest BCUT2D eigenvalue weighted by Gasteiger charge is 2.07. The van der Waals surface area contributed by atoms with E-state index in [0.29, 0.717) is 6.61 Å². The summed E-state index contributed by atoms with van der Waals surface area (Å²) < 4.78 is 7.97. The molecule has 0 aliphatic carbocycles. The van der Waals surface area contributed by atoms with Crippen LogP contribution in [0.1, 0.15) is 12.0 Å². The molecule has 0 aliphatic heterocycles. The van der Waals surface area contributed by atoms with Crippen LogP contribution in [0.5, 0.6) is 0 Å². The lowest BCUT2D eigenvalue weighted by Crippen LogP contribution is -2.06. The number of ether oxygens (including phenoxy) is 1. The van der Waals surface area contributed by atoms with E-state index in [4.69, 9.17) is 4.74 Å². The highest BCUT2D eigenvalue weighted by atomic mass is 32.1. The third kappa shape index (κ3) is 3.18. The highest BCUT2D eigenvalue weighted by molar-refractivity contribution is 7.07. The van der Waals surface area contributed by atoms with E-state index in [1.54, 1.807) is 11.3 Å². The summed E-state index contributed by atoms with van der Waals surface area (Å²) in [7, 11) is 0. The van der Waals surface area contributed by atoms with Gasteiger partial charge in [-0.25, -0.2) is 4.98 Å². The number of rotatable bonds is 7. The van der Waals surface area contributed by atoms with Crippen molar-refractivity contribution in [3.8, 4) is 0 Å². The van der Waals surface area contributed by atoms with E-state index >= 15 is 0 Å². The number of pyridine rings is 1. The van der Waals surface area contributed by atoms with Crippen LogP contribution < -0.4 is 0 Å². The first-order valence-corrected chi connectivity index (χ1v) is 9.13. The van der Waals surface area contributed by atoms with Crippen LogP contribution in [0, 0.1) is 0 Å². The smallest absolute Gasteiger partial charge is 0.107 e. The number of hydrogen-bond donors (Lipinski definition) is 0. The molecule has 0 saturated heterocycles. The zero-order valence-electron chi connectivity index (χ0n) is 13.4. The van der Waals surface area contributed by atoms with Gasteiger partial charge in [0.25, 0.3) is 0 Å². The Morgan fingerprint density at radius 1 is 1.04 bits per heavy atom. The lowest BCUT2D eigenvalue weighted by Gasteiger charge is -2.07. The zero-order chi connectivity index (χ0) is 16.2. The van der Waals surface area contributed by atoms with E-state index in [1.807, 2.05) is 30.7 Å². The fraction of sp³-hybridized carbons (Fsp3) is 0.263. The van der Waals surface area contributed by atoms with Gasteiger partial charge in [0.1, 0.15) is 5.52 Å². The van der Waals surface area contributed by atoms with Crippen molar-refractivity contribution in [1.29, 1.82) is 0 Å². The van der Waals surface area contributed by atoms with Gasteiger partial charge in [-0.2, -0.15) is 11.3 Å². The molecule has 1 aromatic carbocycles. The molecule has 3 aromatic heterocycles. The number of para-hydroxylation sites is 1. The van der Waals surface area contributed by atoms with Crippen LogP contribution in [0.15, 0.2) is 53.6 Å². The second-order valence-corrected chi connectivity index (χ2v) is 6.57. The van der Waals surface area contributed by atoms with Gasteiger partial charge in [-0.3, -0.25) is 4.98 Å². The topological polar surface area (TPSA) is 39.9 Å². The summed E-state index contributed by atoms with van der Waals surface area (Å²) in [4.78, 5) is 8.93. The normalized spacial score (nSPS) is 11.5. The largest absolute Gasteiger partial charge is 0.380 e. The second kappa shape index (κ2) is 7.11. The molecule has 0 amide bonds. The Hall–Kier alpha value is -2.24. The molecule has 0 bridgehead atoms. The van der Waals surface area contributed by atoms with Crippen LogP contribution in [0.3, 0.4) is 0 Å². The van der Waals surface area contributed by atoms with Crippen molar-refractivity contribution in [2.24, 2.45) is 0 Å². The van der Waals surface area contributed by atoms with Gasteiger partial charge in [0.15, 0.2) is 0 Å². The molecule has 5 heteroatoms. The molecule has 0 atom stereocenters. The van der Waals surface area contributed by atoms with Crippen LogP contribution >= 0.6 is 11.3 Å². The molecule has 0 radical (unpaired) electrons. The minimum absolute atomic E-state index is 0.700. The van der Waals surface area contributed by atoms with Crippen molar-refractivity contribution >= 4 is 33.3 Å². The van der Waals surface area contributed by atoms with Gasteiger partial charge >= 0.3 is 0 Å². The van der Waals surface area contributed by atoms with Gasteiger partial charge < -0.3 is 9.30 Å². The first-order chi connectivity index (χ1) is 11.9. The monoisotopic (exact) mass is 337 g/mol. The van der Waals surface area contributed by atoms with Gasteiger partial charge in [0.2, 0.25) is 0 Å². The standard InChI is InChI=1S/C19H19N3OS/c1-2-6-17-16(5-1)19-18(12-20-17)21-14-22(19)8-10-23-9-3-4-15-7-11-24-13-15/h1-2,5-7,11-14H,3-4,8-10H2. The van der Waals surface area contributed by atoms with Crippen LogP contribution in [0.25, 0.3) is 21.9 Å².